The van der Waals surface area contributed by atoms with Crippen LogP contribution < -0.4 is 16.0 Å². The molecule has 0 spiro atoms. The van der Waals surface area contributed by atoms with E-state index < -0.39 is 0 Å². The third kappa shape index (κ3) is 5.42. The summed E-state index contributed by atoms with van der Waals surface area (Å²) in [4.78, 5) is 25.1. The molecule has 5 heteroatoms. The molecule has 3 N–H and O–H groups in total. The zero-order valence-corrected chi connectivity index (χ0v) is 16.6. The van der Waals surface area contributed by atoms with Crippen molar-refractivity contribution in [3.05, 3.63) is 59.7 Å². The van der Waals surface area contributed by atoms with E-state index in [1.165, 1.54) is 12.8 Å². The quantitative estimate of drug-likeness (QED) is 0.704. The molecule has 1 aliphatic heterocycles. The molecule has 3 rings (SSSR count). The van der Waals surface area contributed by atoms with Crippen LogP contribution in [0.3, 0.4) is 0 Å². The molecule has 2 atom stereocenters. The van der Waals surface area contributed by atoms with Gasteiger partial charge in [0.25, 0.3) is 5.91 Å². The summed E-state index contributed by atoms with van der Waals surface area (Å²) in [5, 5.41) is 9.29. The number of benzene rings is 2. The maximum absolute atomic E-state index is 12.6. The maximum Gasteiger partial charge on any atom is 0.255 e. The van der Waals surface area contributed by atoms with Crippen LogP contribution in [-0.2, 0) is 4.79 Å². The molecule has 1 heterocycles. The lowest BCUT2D eigenvalue weighted by atomic mass is 9.85. The first-order valence-corrected chi connectivity index (χ1v) is 10.0. The monoisotopic (exact) mass is 379 g/mol. The molecule has 2 aromatic carbocycles. The van der Waals surface area contributed by atoms with Crippen LogP contribution >= 0.6 is 0 Å². The van der Waals surface area contributed by atoms with Gasteiger partial charge in [-0.1, -0.05) is 31.2 Å². The van der Waals surface area contributed by atoms with Gasteiger partial charge in [0.05, 0.1) is 0 Å². The highest BCUT2D eigenvalue weighted by atomic mass is 16.2. The number of hydrogen-bond donors (Lipinski definition) is 3. The Morgan fingerprint density at radius 3 is 2.64 bits per heavy atom. The highest BCUT2D eigenvalue weighted by molar-refractivity contribution is 6.05. The number of piperidine rings is 1. The van der Waals surface area contributed by atoms with Crippen molar-refractivity contribution in [3.63, 3.8) is 0 Å². The summed E-state index contributed by atoms with van der Waals surface area (Å²) >= 11 is 0. The third-order valence-corrected chi connectivity index (χ3v) is 5.45. The lowest BCUT2D eigenvalue weighted by Crippen LogP contribution is -2.34. The van der Waals surface area contributed by atoms with E-state index >= 15 is 0 Å². The minimum atomic E-state index is -0.191. The minimum Gasteiger partial charge on any atom is -0.326 e. The van der Waals surface area contributed by atoms with E-state index in [0.717, 1.165) is 24.3 Å². The number of rotatable bonds is 6. The second kappa shape index (κ2) is 9.51. The van der Waals surface area contributed by atoms with Crippen LogP contribution in [0, 0.1) is 18.8 Å². The number of carbonyl (C=O) groups is 2. The van der Waals surface area contributed by atoms with Gasteiger partial charge in [-0.05, 0) is 74.5 Å². The summed E-state index contributed by atoms with van der Waals surface area (Å²) in [6, 6.07) is 14.7. The Labute approximate surface area is 166 Å². The molecule has 148 valence electrons. The van der Waals surface area contributed by atoms with Gasteiger partial charge in [0.2, 0.25) is 5.91 Å². The van der Waals surface area contributed by atoms with E-state index in [0.29, 0.717) is 29.5 Å². The molecule has 1 fully saturated rings. The van der Waals surface area contributed by atoms with Crippen molar-refractivity contribution in [2.45, 2.75) is 33.1 Å². The first kappa shape index (κ1) is 20.1. The van der Waals surface area contributed by atoms with Crippen LogP contribution in [0.5, 0.6) is 0 Å². The molecule has 2 unspecified atom stereocenters. The fourth-order valence-electron chi connectivity index (χ4n) is 3.65. The molecule has 1 aliphatic rings. The van der Waals surface area contributed by atoms with Crippen LogP contribution in [-0.4, -0.2) is 24.9 Å². The average Bonchev–Trinajstić information content (AvgIpc) is 2.71. The van der Waals surface area contributed by atoms with Crippen molar-refractivity contribution in [3.8, 4) is 0 Å². The van der Waals surface area contributed by atoms with Gasteiger partial charge in [0.1, 0.15) is 0 Å². The number of aryl methyl sites for hydroxylation is 1. The molecule has 0 aromatic heterocycles. The lowest BCUT2D eigenvalue weighted by Gasteiger charge is -2.28. The zero-order chi connectivity index (χ0) is 19.9. The minimum absolute atomic E-state index is 0.00166. The Bertz CT molecular complexity index is 814. The summed E-state index contributed by atoms with van der Waals surface area (Å²) in [5.74, 6) is 0.686. The lowest BCUT2D eigenvalue weighted by molar-refractivity contribution is -0.117. The normalized spacial score (nSPS) is 17.6. The zero-order valence-electron chi connectivity index (χ0n) is 16.6. The molecule has 0 saturated carbocycles. The van der Waals surface area contributed by atoms with Gasteiger partial charge in [-0.3, -0.25) is 9.59 Å². The van der Waals surface area contributed by atoms with Crippen LogP contribution in [0.15, 0.2) is 48.5 Å². The molecule has 2 aromatic rings. The summed E-state index contributed by atoms with van der Waals surface area (Å²) in [5.41, 5.74) is 2.90. The Morgan fingerprint density at radius 2 is 1.93 bits per heavy atom. The Morgan fingerprint density at radius 1 is 1.14 bits per heavy atom. The van der Waals surface area contributed by atoms with E-state index in [1.54, 1.807) is 12.1 Å². The highest BCUT2D eigenvalue weighted by Gasteiger charge is 2.22. The molecule has 2 amide bonds. The second-order valence-corrected chi connectivity index (χ2v) is 7.69. The number of amides is 2. The first-order valence-electron chi connectivity index (χ1n) is 10.0. The fourth-order valence-corrected chi connectivity index (χ4v) is 3.65. The van der Waals surface area contributed by atoms with Crippen LogP contribution in [0.4, 0.5) is 11.4 Å². The molecule has 0 bridgehead atoms. The number of para-hydroxylation sites is 1. The van der Waals surface area contributed by atoms with Gasteiger partial charge in [0, 0.05) is 23.4 Å². The molecule has 0 aliphatic carbocycles. The van der Waals surface area contributed by atoms with Crippen molar-refractivity contribution >= 4 is 23.2 Å². The number of nitrogens with one attached hydrogen (secondary N) is 3. The molecule has 1 saturated heterocycles. The summed E-state index contributed by atoms with van der Waals surface area (Å²) in [6.45, 7) is 6.14. The summed E-state index contributed by atoms with van der Waals surface area (Å²) < 4.78 is 0. The average molecular weight is 380 g/mol. The van der Waals surface area contributed by atoms with Gasteiger partial charge in [-0.2, -0.15) is 0 Å². The Hall–Kier alpha value is -2.66. The van der Waals surface area contributed by atoms with E-state index in [1.807, 2.05) is 43.3 Å². The number of carbonyl (C=O) groups excluding carboxylic acids is 2. The first-order chi connectivity index (χ1) is 13.5. The molecule has 28 heavy (non-hydrogen) atoms. The largest absolute Gasteiger partial charge is 0.326 e. The topological polar surface area (TPSA) is 70.2 Å². The predicted octanol–water partition coefficient (Wildman–Crippen LogP) is 4.21. The summed E-state index contributed by atoms with van der Waals surface area (Å²) in [7, 11) is 0. The van der Waals surface area contributed by atoms with Crippen molar-refractivity contribution in [1.29, 1.82) is 0 Å². The maximum atomic E-state index is 12.6. The van der Waals surface area contributed by atoms with Crippen molar-refractivity contribution < 1.29 is 9.59 Å². The van der Waals surface area contributed by atoms with Crippen molar-refractivity contribution in [1.82, 2.24) is 5.32 Å². The Balaban J connectivity index is 1.62. The number of hydrogen-bond acceptors (Lipinski definition) is 3. The number of anilines is 2. The van der Waals surface area contributed by atoms with Crippen LogP contribution in [0.1, 0.15) is 42.1 Å². The molecular formula is C23H29N3O2. The Kier molecular flexibility index (Phi) is 6.82. The molecular weight excluding hydrogens is 350 g/mol. The van der Waals surface area contributed by atoms with Gasteiger partial charge in [-0.25, -0.2) is 0 Å². The van der Waals surface area contributed by atoms with E-state index in [-0.39, 0.29) is 11.8 Å². The fraction of sp³-hybridized carbons (Fsp3) is 0.391. The third-order valence-electron chi connectivity index (χ3n) is 5.45. The second-order valence-electron chi connectivity index (χ2n) is 7.69. The van der Waals surface area contributed by atoms with Gasteiger partial charge < -0.3 is 16.0 Å². The predicted molar refractivity (Wildman–Crippen MR) is 114 cm³/mol. The van der Waals surface area contributed by atoms with Gasteiger partial charge in [0.15, 0.2) is 0 Å². The SMILES string of the molecule is Cc1ccc(C(=O)Nc2ccccc2)cc1NC(=O)CC(C)C1CCCNC1. The molecule has 0 radical (unpaired) electrons. The van der Waals surface area contributed by atoms with Crippen molar-refractivity contribution in [2.24, 2.45) is 11.8 Å². The van der Waals surface area contributed by atoms with Crippen LogP contribution in [0.25, 0.3) is 0 Å². The highest BCUT2D eigenvalue weighted by Crippen LogP contribution is 2.24. The van der Waals surface area contributed by atoms with Crippen LogP contribution in [0.2, 0.25) is 0 Å². The van der Waals surface area contributed by atoms with E-state index in [4.69, 9.17) is 0 Å². The van der Waals surface area contributed by atoms with E-state index in [2.05, 4.69) is 22.9 Å². The summed E-state index contributed by atoms with van der Waals surface area (Å²) in [6.07, 6.45) is 2.84. The van der Waals surface area contributed by atoms with Crippen molar-refractivity contribution in [2.75, 3.05) is 23.7 Å². The standard InChI is InChI=1S/C23H29N3O2/c1-16-10-11-18(23(28)25-20-8-4-3-5-9-20)14-21(16)26-22(27)13-17(2)19-7-6-12-24-15-19/h3-5,8-11,14,17,19,24H,6-7,12-13,15H2,1-2H3,(H,25,28)(H,26,27). The van der Waals surface area contributed by atoms with E-state index in [9.17, 15) is 9.59 Å². The van der Waals surface area contributed by atoms with Gasteiger partial charge in [-0.15, -0.1) is 0 Å². The molecule has 5 nitrogen and oxygen atoms in total. The van der Waals surface area contributed by atoms with Gasteiger partial charge >= 0.3 is 0 Å². The smallest absolute Gasteiger partial charge is 0.255 e.